The summed E-state index contributed by atoms with van der Waals surface area (Å²) in [5.74, 6) is -1.45. The van der Waals surface area contributed by atoms with E-state index in [0.29, 0.717) is 6.42 Å². The van der Waals surface area contributed by atoms with E-state index in [4.69, 9.17) is 22.3 Å². The van der Waals surface area contributed by atoms with Crippen molar-refractivity contribution in [3.63, 3.8) is 0 Å². The lowest BCUT2D eigenvalue weighted by molar-refractivity contribution is -0.137. The topological polar surface area (TPSA) is 132 Å². The molecule has 0 aliphatic rings. The summed E-state index contributed by atoms with van der Waals surface area (Å²) in [5, 5.41) is 8.49. The first-order valence-corrected chi connectivity index (χ1v) is 5.90. The average molecular weight is 245 g/mol. The zero-order valence-electron chi connectivity index (χ0n) is 10.3. The lowest BCUT2D eigenvalue weighted by Gasteiger charge is -2.26. The van der Waals surface area contributed by atoms with Gasteiger partial charge < -0.3 is 22.3 Å². The van der Waals surface area contributed by atoms with Gasteiger partial charge in [-0.3, -0.25) is 9.59 Å². The first kappa shape index (κ1) is 16.0. The van der Waals surface area contributed by atoms with Crippen molar-refractivity contribution in [1.82, 2.24) is 0 Å². The average Bonchev–Trinajstić information content (AvgIpc) is 2.25. The minimum atomic E-state index is -1.44. The van der Waals surface area contributed by atoms with E-state index in [1.165, 1.54) is 0 Å². The van der Waals surface area contributed by atoms with Gasteiger partial charge in [0.2, 0.25) is 0 Å². The molecule has 0 aliphatic heterocycles. The molecule has 0 saturated heterocycles. The summed E-state index contributed by atoms with van der Waals surface area (Å²) >= 11 is 0. The van der Waals surface area contributed by atoms with Crippen molar-refractivity contribution in [3.05, 3.63) is 0 Å². The molecule has 0 saturated carbocycles. The standard InChI is InChI=1S/C11H23N3O3/c1-2-3-4-7-11(13,14)10(17)8(12)5-6-9(15)16/h8H,2-7,12-14H2,1H3,(H,15,16)/t8-/m0/s1. The monoisotopic (exact) mass is 245 g/mol. The van der Waals surface area contributed by atoms with E-state index in [2.05, 4.69) is 0 Å². The zero-order chi connectivity index (χ0) is 13.5. The highest BCUT2D eigenvalue weighted by molar-refractivity contribution is 5.92. The number of carboxylic acids is 1. The van der Waals surface area contributed by atoms with Crippen molar-refractivity contribution in [3.8, 4) is 0 Å². The molecule has 0 bridgehead atoms. The Kier molecular flexibility index (Phi) is 6.94. The van der Waals surface area contributed by atoms with Gasteiger partial charge in [-0.05, 0) is 19.3 Å². The minimum absolute atomic E-state index is 0.0676. The van der Waals surface area contributed by atoms with Gasteiger partial charge in [0.15, 0.2) is 5.78 Å². The van der Waals surface area contributed by atoms with Crippen LogP contribution in [0.1, 0.15) is 45.4 Å². The maximum absolute atomic E-state index is 11.8. The number of rotatable bonds is 9. The Morgan fingerprint density at radius 3 is 2.35 bits per heavy atom. The van der Waals surface area contributed by atoms with Gasteiger partial charge in [-0.25, -0.2) is 0 Å². The van der Waals surface area contributed by atoms with E-state index < -0.39 is 23.5 Å². The molecule has 6 nitrogen and oxygen atoms in total. The van der Waals surface area contributed by atoms with Gasteiger partial charge in [0, 0.05) is 6.42 Å². The number of Topliss-reactive ketones (excluding diaryl/α,β-unsaturated/α-hetero) is 1. The molecule has 1 atom stereocenters. The van der Waals surface area contributed by atoms with Crippen molar-refractivity contribution in [1.29, 1.82) is 0 Å². The molecule has 0 fully saturated rings. The molecule has 0 aliphatic carbocycles. The second kappa shape index (κ2) is 7.37. The second-order valence-electron chi connectivity index (χ2n) is 4.40. The quantitative estimate of drug-likeness (QED) is 0.332. The number of carbonyl (C=O) groups excluding carboxylic acids is 1. The highest BCUT2D eigenvalue weighted by atomic mass is 16.4. The number of hydrogen-bond donors (Lipinski definition) is 4. The first-order valence-electron chi connectivity index (χ1n) is 5.90. The van der Waals surface area contributed by atoms with E-state index in [-0.39, 0.29) is 12.8 Å². The Hall–Kier alpha value is -0.980. The summed E-state index contributed by atoms with van der Waals surface area (Å²) in [4.78, 5) is 22.2. The number of unbranched alkanes of at least 4 members (excludes halogenated alkanes) is 2. The third-order valence-electron chi connectivity index (χ3n) is 2.66. The molecular formula is C11H23N3O3. The number of hydrogen-bond acceptors (Lipinski definition) is 5. The fourth-order valence-electron chi connectivity index (χ4n) is 1.55. The summed E-state index contributed by atoms with van der Waals surface area (Å²) in [5.41, 5.74) is 15.6. The number of nitrogens with two attached hydrogens (primary N) is 3. The molecule has 0 radical (unpaired) electrons. The molecule has 0 rings (SSSR count). The molecule has 0 spiro atoms. The molecule has 7 N–H and O–H groups in total. The van der Waals surface area contributed by atoms with E-state index in [0.717, 1.165) is 19.3 Å². The van der Waals surface area contributed by atoms with Gasteiger partial charge in [-0.15, -0.1) is 0 Å². The molecule has 17 heavy (non-hydrogen) atoms. The van der Waals surface area contributed by atoms with E-state index in [9.17, 15) is 9.59 Å². The number of aliphatic carboxylic acids is 1. The predicted octanol–water partition coefficient (Wildman–Crippen LogP) is -0.0584. The van der Waals surface area contributed by atoms with Crippen LogP contribution in [0.15, 0.2) is 0 Å². The van der Waals surface area contributed by atoms with Crippen LogP contribution in [-0.4, -0.2) is 28.6 Å². The van der Waals surface area contributed by atoms with Crippen LogP contribution >= 0.6 is 0 Å². The predicted molar refractivity (Wildman–Crippen MR) is 65.1 cm³/mol. The highest BCUT2D eigenvalue weighted by Crippen LogP contribution is 2.11. The van der Waals surface area contributed by atoms with Crippen LogP contribution in [-0.2, 0) is 9.59 Å². The van der Waals surface area contributed by atoms with E-state index >= 15 is 0 Å². The normalized spacial score (nSPS) is 13.4. The number of ketones is 1. The Morgan fingerprint density at radius 1 is 1.29 bits per heavy atom. The van der Waals surface area contributed by atoms with Crippen LogP contribution in [0.5, 0.6) is 0 Å². The summed E-state index contributed by atoms with van der Waals surface area (Å²) in [6.07, 6.45) is 3.01. The van der Waals surface area contributed by atoms with E-state index in [1.807, 2.05) is 6.92 Å². The molecule has 0 heterocycles. The Bertz CT molecular complexity index is 267. The summed E-state index contributed by atoms with van der Waals surface area (Å²) in [6.45, 7) is 2.04. The van der Waals surface area contributed by atoms with Crippen LogP contribution < -0.4 is 17.2 Å². The van der Waals surface area contributed by atoms with Gasteiger partial charge in [-0.2, -0.15) is 0 Å². The fourth-order valence-corrected chi connectivity index (χ4v) is 1.55. The van der Waals surface area contributed by atoms with Crippen LogP contribution in [0.25, 0.3) is 0 Å². The Labute approximate surface area is 102 Å². The first-order chi connectivity index (χ1) is 7.81. The number of carbonyl (C=O) groups is 2. The Balaban J connectivity index is 4.20. The highest BCUT2D eigenvalue weighted by Gasteiger charge is 2.32. The minimum Gasteiger partial charge on any atom is -0.481 e. The smallest absolute Gasteiger partial charge is 0.303 e. The molecule has 0 amide bonds. The van der Waals surface area contributed by atoms with Gasteiger partial charge in [0.05, 0.1) is 6.04 Å². The molecule has 0 aromatic heterocycles. The number of carboxylic acid groups (broad SMARTS) is 1. The van der Waals surface area contributed by atoms with Crippen molar-refractivity contribution >= 4 is 11.8 Å². The summed E-state index contributed by atoms with van der Waals surface area (Å²) < 4.78 is 0. The lowest BCUT2D eigenvalue weighted by Crippen LogP contribution is -2.61. The maximum atomic E-state index is 11.8. The molecule has 0 unspecified atom stereocenters. The van der Waals surface area contributed by atoms with Crippen molar-refractivity contribution in [2.75, 3.05) is 0 Å². The molecular weight excluding hydrogens is 222 g/mol. The van der Waals surface area contributed by atoms with Gasteiger partial charge >= 0.3 is 5.97 Å². The van der Waals surface area contributed by atoms with E-state index in [1.54, 1.807) is 0 Å². The van der Waals surface area contributed by atoms with Crippen molar-refractivity contribution in [2.24, 2.45) is 17.2 Å². The van der Waals surface area contributed by atoms with Crippen molar-refractivity contribution < 1.29 is 14.7 Å². The van der Waals surface area contributed by atoms with Gasteiger partial charge in [-0.1, -0.05) is 19.8 Å². The van der Waals surface area contributed by atoms with Gasteiger partial charge in [0.25, 0.3) is 0 Å². The summed E-state index contributed by atoms with van der Waals surface area (Å²) in [6, 6.07) is -0.900. The SMILES string of the molecule is CCCCCC(N)(N)C(=O)[C@@H](N)CCC(=O)O. The Morgan fingerprint density at radius 2 is 1.88 bits per heavy atom. The maximum Gasteiger partial charge on any atom is 0.303 e. The van der Waals surface area contributed by atoms with Crippen LogP contribution in [0.3, 0.4) is 0 Å². The van der Waals surface area contributed by atoms with Crippen LogP contribution in [0, 0.1) is 0 Å². The molecule has 0 aromatic carbocycles. The zero-order valence-corrected chi connectivity index (χ0v) is 10.3. The fraction of sp³-hybridized carbons (Fsp3) is 0.818. The summed E-state index contributed by atoms with van der Waals surface area (Å²) in [7, 11) is 0. The molecule has 100 valence electrons. The third kappa shape index (κ3) is 6.35. The molecule has 0 aromatic rings. The molecule has 6 heteroatoms. The largest absolute Gasteiger partial charge is 0.481 e. The van der Waals surface area contributed by atoms with Gasteiger partial charge in [0.1, 0.15) is 5.66 Å². The van der Waals surface area contributed by atoms with Crippen LogP contribution in [0.2, 0.25) is 0 Å². The van der Waals surface area contributed by atoms with Crippen LogP contribution in [0.4, 0.5) is 0 Å². The lowest BCUT2D eigenvalue weighted by atomic mass is 9.92. The third-order valence-corrected chi connectivity index (χ3v) is 2.66. The second-order valence-corrected chi connectivity index (χ2v) is 4.40. The van der Waals surface area contributed by atoms with Crippen molar-refractivity contribution in [2.45, 2.75) is 57.2 Å².